The molecule has 5 nitrogen and oxygen atoms in total. The molecule has 174 valence electrons. The minimum absolute atomic E-state index is 0.0166. The first kappa shape index (κ1) is 23.5. The Morgan fingerprint density at radius 1 is 1.09 bits per heavy atom. The zero-order chi connectivity index (χ0) is 23.4. The smallest absolute Gasteiger partial charge is 0.265 e. The largest absolute Gasteiger partial charge is 0.341 e. The van der Waals surface area contributed by atoms with Crippen molar-refractivity contribution in [1.29, 1.82) is 0 Å². The fourth-order valence-corrected chi connectivity index (χ4v) is 5.17. The van der Waals surface area contributed by atoms with Gasteiger partial charge in [0.1, 0.15) is 16.5 Å². The molecule has 1 aliphatic heterocycles. The maximum Gasteiger partial charge on any atom is 0.265 e. The lowest BCUT2D eigenvalue weighted by Crippen LogP contribution is -2.32. The van der Waals surface area contributed by atoms with E-state index in [4.69, 9.17) is 0 Å². The van der Waals surface area contributed by atoms with Gasteiger partial charge in [0, 0.05) is 32.1 Å². The van der Waals surface area contributed by atoms with Crippen molar-refractivity contribution in [3.63, 3.8) is 0 Å². The standard InChI is InChI=1S/C25H28F2N4OS/c1-16-24(33-23(28-16)14-17-5-9-19(26)10-6-17)25(32)31(2)13-3-4-21-15-22(30-29-21)18-7-11-20(27)12-8-18/h5-12,21-22,29-30H,3-4,13-15H2,1-2H3. The fraction of sp³-hybridized carbons (Fsp3) is 0.360. The molecule has 0 aliphatic carbocycles. The summed E-state index contributed by atoms with van der Waals surface area (Å²) in [6.07, 6.45) is 3.31. The van der Waals surface area contributed by atoms with Crippen molar-refractivity contribution in [3.05, 3.63) is 86.9 Å². The minimum atomic E-state index is -0.263. The summed E-state index contributed by atoms with van der Waals surface area (Å²) < 4.78 is 26.3. The number of carbonyl (C=O) groups excluding carboxylic acids is 1. The number of aryl methyl sites for hydroxylation is 1. The third-order valence-corrected chi connectivity index (χ3v) is 7.10. The summed E-state index contributed by atoms with van der Waals surface area (Å²) in [5, 5.41) is 0.851. The molecule has 8 heteroatoms. The maximum absolute atomic E-state index is 13.1. The van der Waals surface area contributed by atoms with Gasteiger partial charge in [0.2, 0.25) is 0 Å². The highest BCUT2D eigenvalue weighted by Crippen LogP contribution is 2.25. The van der Waals surface area contributed by atoms with Crippen molar-refractivity contribution < 1.29 is 13.6 Å². The van der Waals surface area contributed by atoms with Crippen LogP contribution in [0, 0.1) is 18.6 Å². The van der Waals surface area contributed by atoms with E-state index in [1.165, 1.54) is 35.6 Å². The first-order chi connectivity index (χ1) is 15.9. The van der Waals surface area contributed by atoms with E-state index in [0.29, 0.717) is 23.9 Å². The molecular formula is C25H28F2N4OS. The number of nitrogens with one attached hydrogen (secondary N) is 2. The lowest BCUT2D eigenvalue weighted by Gasteiger charge is -2.17. The number of hydrogen-bond donors (Lipinski definition) is 2. The Morgan fingerprint density at radius 2 is 1.76 bits per heavy atom. The predicted molar refractivity (Wildman–Crippen MR) is 126 cm³/mol. The lowest BCUT2D eigenvalue weighted by molar-refractivity contribution is 0.0795. The van der Waals surface area contributed by atoms with Crippen LogP contribution in [0.1, 0.15) is 56.8 Å². The van der Waals surface area contributed by atoms with Crippen LogP contribution in [0.15, 0.2) is 48.5 Å². The number of nitrogens with zero attached hydrogens (tertiary/aromatic N) is 2. The van der Waals surface area contributed by atoms with Crippen LogP contribution in [0.3, 0.4) is 0 Å². The summed E-state index contributed by atoms with van der Waals surface area (Å²) in [6.45, 7) is 2.51. The van der Waals surface area contributed by atoms with Crippen LogP contribution in [-0.2, 0) is 6.42 Å². The summed E-state index contributed by atoms with van der Waals surface area (Å²) in [5.74, 6) is -0.508. The van der Waals surface area contributed by atoms with Crippen LogP contribution in [0.25, 0.3) is 0 Å². The van der Waals surface area contributed by atoms with Crippen LogP contribution >= 0.6 is 11.3 Å². The highest BCUT2D eigenvalue weighted by Gasteiger charge is 2.25. The third-order valence-electron chi connectivity index (χ3n) is 5.95. The Balaban J connectivity index is 1.25. The number of aromatic nitrogens is 1. The molecule has 0 saturated carbocycles. The van der Waals surface area contributed by atoms with Gasteiger partial charge in [-0.3, -0.25) is 15.6 Å². The first-order valence-corrected chi connectivity index (χ1v) is 11.9. The van der Waals surface area contributed by atoms with Gasteiger partial charge in [0.05, 0.1) is 10.7 Å². The third kappa shape index (κ3) is 6.01. The molecule has 4 rings (SSSR count). The number of hydrazine groups is 1. The fourth-order valence-electron chi connectivity index (χ4n) is 4.08. The Hall–Kier alpha value is -2.68. The average Bonchev–Trinajstić information content (AvgIpc) is 3.42. The number of halogens is 2. The highest BCUT2D eigenvalue weighted by molar-refractivity contribution is 7.13. The molecule has 3 aromatic rings. The molecule has 1 amide bonds. The van der Waals surface area contributed by atoms with Gasteiger partial charge in [0.25, 0.3) is 5.91 Å². The Bertz CT molecular complexity index is 1080. The normalized spacial score (nSPS) is 17.9. The van der Waals surface area contributed by atoms with Gasteiger partial charge in [-0.1, -0.05) is 24.3 Å². The molecule has 1 aromatic heterocycles. The second kappa shape index (κ2) is 10.5. The molecule has 2 unspecified atom stereocenters. The number of carbonyl (C=O) groups is 1. The summed E-state index contributed by atoms with van der Waals surface area (Å²) in [4.78, 5) is 19.9. The monoisotopic (exact) mass is 470 g/mol. The van der Waals surface area contributed by atoms with Gasteiger partial charge in [-0.05, 0) is 61.6 Å². The van der Waals surface area contributed by atoms with Crippen LogP contribution in [0.2, 0.25) is 0 Å². The zero-order valence-electron chi connectivity index (χ0n) is 18.8. The molecule has 1 aliphatic rings. The molecule has 0 bridgehead atoms. The van der Waals surface area contributed by atoms with Crippen molar-refractivity contribution in [2.75, 3.05) is 13.6 Å². The number of benzene rings is 2. The van der Waals surface area contributed by atoms with Crippen molar-refractivity contribution in [2.45, 2.75) is 44.7 Å². The van der Waals surface area contributed by atoms with Crippen molar-refractivity contribution in [2.24, 2.45) is 0 Å². The molecule has 2 aromatic carbocycles. The second-order valence-corrected chi connectivity index (χ2v) is 9.60. The summed E-state index contributed by atoms with van der Waals surface area (Å²) in [5.41, 5.74) is 9.36. The van der Waals surface area contributed by atoms with E-state index in [1.54, 1.807) is 17.0 Å². The molecule has 33 heavy (non-hydrogen) atoms. The van der Waals surface area contributed by atoms with Gasteiger partial charge in [-0.2, -0.15) is 0 Å². The number of rotatable bonds is 8. The van der Waals surface area contributed by atoms with Gasteiger partial charge in [0.15, 0.2) is 0 Å². The molecule has 2 heterocycles. The van der Waals surface area contributed by atoms with Crippen LogP contribution in [-0.4, -0.2) is 35.4 Å². The van der Waals surface area contributed by atoms with E-state index in [1.807, 2.05) is 26.1 Å². The second-order valence-electron chi connectivity index (χ2n) is 8.52. The lowest BCUT2D eigenvalue weighted by atomic mass is 9.99. The molecule has 0 radical (unpaired) electrons. The van der Waals surface area contributed by atoms with Crippen LogP contribution in [0.5, 0.6) is 0 Å². The summed E-state index contributed by atoms with van der Waals surface area (Å²) in [6, 6.07) is 13.4. The van der Waals surface area contributed by atoms with E-state index in [0.717, 1.165) is 41.1 Å². The Kier molecular flexibility index (Phi) is 7.47. The van der Waals surface area contributed by atoms with Crippen molar-refractivity contribution >= 4 is 17.2 Å². The number of thiazole rings is 1. The Labute approximate surface area is 196 Å². The summed E-state index contributed by atoms with van der Waals surface area (Å²) >= 11 is 1.41. The average molecular weight is 471 g/mol. The molecule has 0 spiro atoms. The van der Waals surface area contributed by atoms with Crippen LogP contribution in [0.4, 0.5) is 8.78 Å². The topological polar surface area (TPSA) is 57.3 Å². The molecule has 1 saturated heterocycles. The Morgan fingerprint density at radius 3 is 2.45 bits per heavy atom. The molecule has 2 atom stereocenters. The maximum atomic E-state index is 13.1. The highest BCUT2D eigenvalue weighted by atomic mass is 32.1. The molecule has 2 N–H and O–H groups in total. The quantitative estimate of drug-likeness (QED) is 0.498. The van der Waals surface area contributed by atoms with Crippen molar-refractivity contribution in [3.8, 4) is 0 Å². The number of hydrogen-bond acceptors (Lipinski definition) is 5. The van der Waals surface area contributed by atoms with Crippen molar-refractivity contribution in [1.82, 2.24) is 20.7 Å². The zero-order valence-corrected chi connectivity index (χ0v) is 19.6. The minimum Gasteiger partial charge on any atom is -0.341 e. The van der Waals surface area contributed by atoms with E-state index in [9.17, 15) is 13.6 Å². The van der Waals surface area contributed by atoms with E-state index in [-0.39, 0.29) is 23.6 Å². The van der Waals surface area contributed by atoms with E-state index >= 15 is 0 Å². The summed E-state index contributed by atoms with van der Waals surface area (Å²) in [7, 11) is 1.82. The SMILES string of the molecule is Cc1nc(Cc2ccc(F)cc2)sc1C(=O)N(C)CCCC1CC(c2ccc(F)cc2)NN1. The predicted octanol–water partition coefficient (Wildman–Crippen LogP) is 4.78. The van der Waals surface area contributed by atoms with Gasteiger partial charge >= 0.3 is 0 Å². The molecule has 1 fully saturated rings. The van der Waals surface area contributed by atoms with Gasteiger partial charge in [-0.15, -0.1) is 11.3 Å². The van der Waals surface area contributed by atoms with Gasteiger partial charge in [-0.25, -0.2) is 13.8 Å². The van der Waals surface area contributed by atoms with E-state index in [2.05, 4.69) is 15.8 Å². The van der Waals surface area contributed by atoms with E-state index < -0.39 is 0 Å². The number of amides is 1. The van der Waals surface area contributed by atoms with Crippen LogP contribution < -0.4 is 10.9 Å². The van der Waals surface area contributed by atoms with Gasteiger partial charge < -0.3 is 4.90 Å². The first-order valence-electron chi connectivity index (χ1n) is 11.1. The molecular weight excluding hydrogens is 442 g/mol.